The number of hydrogen-bond donors (Lipinski definition) is 2. The van der Waals surface area contributed by atoms with Crippen LogP contribution in [0.15, 0.2) is 54.6 Å². The average Bonchev–Trinajstić information content (AvgIpc) is 2.64. The van der Waals surface area contributed by atoms with Crippen molar-refractivity contribution in [1.29, 1.82) is 0 Å². The second-order valence-electron chi connectivity index (χ2n) is 4.21. The van der Waals surface area contributed by atoms with Gasteiger partial charge in [0.1, 0.15) is 0 Å². The molecule has 0 aromatic heterocycles. The number of anilines is 1. The summed E-state index contributed by atoms with van der Waals surface area (Å²) in [6.07, 6.45) is 0. The number of aliphatic hydroxyl groups is 1. The van der Waals surface area contributed by atoms with Gasteiger partial charge < -0.3 is 5.11 Å². The van der Waals surface area contributed by atoms with E-state index < -0.39 is 11.5 Å². The van der Waals surface area contributed by atoms with E-state index in [2.05, 4.69) is 0 Å². The summed E-state index contributed by atoms with van der Waals surface area (Å²) in [6, 6.07) is 15.2. The number of carbonyl (C=O) groups excluding carboxylic acids is 1. The molecular weight excluding hydrogens is 230 g/mol. The Morgan fingerprint density at radius 2 is 1.56 bits per heavy atom. The highest BCUT2D eigenvalue weighted by Crippen LogP contribution is 2.43. The minimum Gasteiger partial charge on any atom is -0.372 e. The van der Waals surface area contributed by atoms with Gasteiger partial charge in [0.25, 0.3) is 5.91 Å². The zero-order chi connectivity index (χ0) is 12.8. The molecule has 2 N–H and O–H groups in total. The number of hydroxylamine groups is 1. The summed E-state index contributed by atoms with van der Waals surface area (Å²) < 4.78 is 0. The Kier molecular flexibility index (Phi) is 2.23. The summed E-state index contributed by atoms with van der Waals surface area (Å²) >= 11 is 0. The molecule has 0 spiro atoms. The first-order valence-corrected chi connectivity index (χ1v) is 5.56. The Morgan fingerprint density at radius 3 is 2.28 bits per heavy atom. The van der Waals surface area contributed by atoms with Gasteiger partial charge in [-0.15, -0.1) is 0 Å². The molecule has 4 nitrogen and oxygen atoms in total. The minimum atomic E-state index is -1.81. The maximum Gasteiger partial charge on any atom is 0.292 e. The third kappa shape index (κ3) is 1.24. The van der Waals surface area contributed by atoms with E-state index in [1.807, 2.05) is 0 Å². The quantitative estimate of drug-likeness (QED) is 0.746. The summed E-state index contributed by atoms with van der Waals surface area (Å²) in [5, 5.41) is 21.0. The van der Waals surface area contributed by atoms with Gasteiger partial charge in [0, 0.05) is 5.56 Å². The first kappa shape index (κ1) is 11.0. The SMILES string of the molecule is O=C1N(O)c2ccccc2C1(O)c1ccccc1. The Bertz CT molecular complexity index is 611. The minimum absolute atomic E-state index is 0.314. The smallest absolute Gasteiger partial charge is 0.292 e. The van der Waals surface area contributed by atoms with Crippen LogP contribution in [-0.4, -0.2) is 16.2 Å². The molecule has 0 aliphatic carbocycles. The van der Waals surface area contributed by atoms with Gasteiger partial charge in [-0.05, 0) is 11.6 Å². The fraction of sp³-hybridized carbons (Fsp3) is 0.0714. The number of fused-ring (bicyclic) bond motifs is 1. The number of nitrogens with zero attached hydrogens (tertiary/aromatic N) is 1. The van der Waals surface area contributed by atoms with Gasteiger partial charge in [-0.3, -0.25) is 10.0 Å². The van der Waals surface area contributed by atoms with Crippen LogP contribution in [0.25, 0.3) is 0 Å². The number of amides is 1. The van der Waals surface area contributed by atoms with Gasteiger partial charge in [0.2, 0.25) is 0 Å². The lowest BCUT2D eigenvalue weighted by Gasteiger charge is -2.21. The lowest BCUT2D eigenvalue weighted by atomic mass is 9.88. The largest absolute Gasteiger partial charge is 0.372 e. The van der Waals surface area contributed by atoms with Crippen LogP contribution in [0.4, 0.5) is 5.69 Å². The predicted octanol–water partition coefficient (Wildman–Crippen LogP) is 1.66. The van der Waals surface area contributed by atoms with E-state index in [1.54, 1.807) is 54.6 Å². The third-order valence-corrected chi connectivity index (χ3v) is 3.22. The topological polar surface area (TPSA) is 60.8 Å². The molecule has 0 saturated heterocycles. The molecular formula is C14H11NO3. The fourth-order valence-electron chi connectivity index (χ4n) is 2.30. The molecule has 0 radical (unpaired) electrons. The second-order valence-corrected chi connectivity index (χ2v) is 4.21. The molecule has 1 aliphatic heterocycles. The molecule has 4 heteroatoms. The molecule has 90 valence electrons. The molecule has 1 aliphatic rings. The Labute approximate surface area is 104 Å². The van der Waals surface area contributed by atoms with E-state index in [9.17, 15) is 15.1 Å². The van der Waals surface area contributed by atoms with Gasteiger partial charge in [-0.25, -0.2) is 0 Å². The highest BCUT2D eigenvalue weighted by molar-refractivity contribution is 6.07. The van der Waals surface area contributed by atoms with Crippen molar-refractivity contribution in [1.82, 2.24) is 0 Å². The summed E-state index contributed by atoms with van der Waals surface area (Å²) in [6.45, 7) is 0. The lowest BCUT2D eigenvalue weighted by Crippen LogP contribution is -2.39. The number of benzene rings is 2. The van der Waals surface area contributed by atoms with Crippen molar-refractivity contribution in [2.45, 2.75) is 5.60 Å². The van der Waals surface area contributed by atoms with Gasteiger partial charge in [-0.2, -0.15) is 5.06 Å². The van der Waals surface area contributed by atoms with Crippen LogP contribution in [0.3, 0.4) is 0 Å². The molecule has 18 heavy (non-hydrogen) atoms. The highest BCUT2D eigenvalue weighted by Gasteiger charge is 2.50. The first-order chi connectivity index (χ1) is 8.65. The predicted molar refractivity (Wildman–Crippen MR) is 65.2 cm³/mol. The standard InChI is InChI=1S/C14H11NO3/c16-13-14(17,10-6-2-1-3-7-10)11-8-4-5-9-12(11)15(13)18/h1-9,17-18H. The Balaban J connectivity index is 2.27. The zero-order valence-corrected chi connectivity index (χ0v) is 9.45. The van der Waals surface area contributed by atoms with Crippen molar-refractivity contribution < 1.29 is 15.1 Å². The normalized spacial score (nSPS) is 22.1. The molecule has 0 saturated carbocycles. The van der Waals surface area contributed by atoms with Crippen molar-refractivity contribution in [3.05, 3.63) is 65.7 Å². The molecule has 1 amide bonds. The van der Waals surface area contributed by atoms with Crippen LogP contribution in [0.1, 0.15) is 11.1 Å². The number of hydrogen-bond acceptors (Lipinski definition) is 3. The van der Waals surface area contributed by atoms with Crippen LogP contribution in [0.2, 0.25) is 0 Å². The van der Waals surface area contributed by atoms with Gasteiger partial charge in [0.05, 0.1) is 5.69 Å². The van der Waals surface area contributed by atoms with E-state index in [0.717, 1.165) is 0 Å². The average molecular weight is 241 g/mol. The molecule has 2 aromatic rings. The molecule has 1 heterocycles. The van der Waals surface area contributed by atoms with Gasteiger partial charge in [0.15, 0.2) is 5.60 Å². The van der Waals surface area contributed by atoms with Crippen LogP contribution < -0.4 is 5.06 Å². The number of para-hydroxylation sites is 1. The van der Waals surface area contributed by atoms with Crippen LogP contribution in [-0.2, 0) is 10.4 Å². The maximum absolute atomic E-state index is 12.1. The van der Waals surface area contributed by atoms with Crippen LogP contribution in [0.5, 0.6) is 0 Å². The van der Waals surface area contributed by atoms with Crippen molar-refractivity contribution >= 4 is 11.6 Å². The molecule has 0 bridgehead atoms. The summed E-state index contributed by atoms with van der Waals surface area (Å²) in [4.78, 5) is 12.1. The van der Waals surface area contributed by atoms with Crippen molar-refractivity contribution in [3.8, 4) is 0 Å². The van der Waals surface area contributed by atoms with Crippen molar-refractivity contribution in [2.75, 3.05) is 5.06 Å². The molecule has 0 fully saturated rings. The van der Waals surface area contributed by atoms with E-state index in [0.29, 0.717) is 21.9 Å². The monoisotopic (exact) mass is 241 g/mol. The van der Waals surface area contributed by atoms with Gasteiger partial charge >= 0.3 is 0 Å². The molecule has 2 aromatic carbocycles. The summed E-state index contributed by atoms with van der Waals surface area (Å²) in [5.74, 6) is -0.755. The first-order valence-electron chi connectivity index (χ1n) is 5.56. The van der Waals surface area contributed by atoms with E-state index in [1.165, 1.54) is 0 Å². The van der Waals surface area contributed by atoms with Crippen molar-refractivity contribution in [3.63, 3.8) is 0 Å². The van der Waals surface area contributed by atoms with Crippen LogP contribution >= 0.6 is 0 Å². The fourth-order valence-corrected chi connectivity index (χ4v) is 2.30. The second kappa shape index (κ2) is 3.66. The Hall–Kier alpha value is -2.17. The molecule has 1 unspecified atom stereocenters. The van der Waals surface area contributed by atoms with Crippen molar-refractivity contribution in [2.24, 2.45) is 0 Å². The number of rotatable bonds is 1. The maximum atomic E-state index is 12.1. The Morgan fingerprint density at radius 1 is 0.944 bits per heavy atom. The molecule has 3 rings (SSSR count). The zero-order valence-electron chi connectivity index (χ0n) is 9.45. The lowest BCUT2D eigenvalue weighted by molar-refractivity contribution is -0.137. The molecule has 1 atom stereocenters. The van der Waals surface area contributed by atoms with Crippen LogP contribution in [0, 0.1) is 0 Å². The van der Waals surface area contributed by atoms with E-state index in [4.69, 9.17) is 0 Å². The highest BCUT2D eigenvalue weighted by atomic mass is 16.5. The number of carbonyl (C=O) groups is 1. The third-order valence-electron chi connectivity index (χ3n) is 3.22. The summed E-state index contributed by atoms with van der Waals surface area (Å²) in [5.41, 5.74) is -0.663. The summed E-state index contributed by atoms with van der Waals surface area (Å²) in [7, 11) is 0. The van der Waals surface area contributed by atoms with E-state index >= 15 is 0 Å². The van der Waals surface area contributed by atoms with E-state index in [-0.39, 0.29) is 0 Å². The van der Waals surface area contributed by atoms with Gasteiger partial charge in [-0.1, -0.05) is 48.5 Å².